The molecule has 0 spiro atoms. The number of ether oxygens (including phenoxy) is 4. The number of aliphatic hydroxyl groups excluding tert-OH is 1. The summed E-state index contributed by atoms with van der Waals surface area (Å²) in [5.41, 5.74) is 4.31. The zero-order valence-electron chi connectivity index (χ0n) is 40.5. The first-order chi connectivity index (χ1) is 31.6. The van der Waals surface area contributed by atoms with Gasteiger partial charge in [-0.15, -0.1) is 12.6 Å². The summed E-state index contributed by atoms with van der Waals surface area (Å²) in [5, 5.41) is 19.0. The Labute approximate surface area is 399 Å². The maximum Gasteiger partial charge on any atom is 0.306 e. The molecule has 0 aliphatic carbocycles. The van der Waals surface area contributed by atoms with E-state index in [1.165, 1.54) is 72.8 Å². The minimum Gasteiger partial charge on any atom is -0.469 e. The maximum atomic E-state index is 13.5. The molecule has 0 aromatic rings. The Bertz CT molecular complexity index is 1450. The molecule has 0 bridgehead atoms. The number of unbranched alkanes of at least 4 members (excludes halogenated alkanes) is 18. The van der Waals surface area contributed by atoms with E-state index in [9.17, 15) is 43.5 Å². The van der Waals surface area contributed by atoms with Gasteiger partial charge in [0.05, 0.1) is 19.6 Å². The molecule has 1 rings (SSSR count). The minimum atomic E-state index is -1.54. The van der Waals surface area contributed by atoms with Crippen molar-refractivity contribution >= 4 is 60.3 Å². The fourth-order valence-electron chi connectivity index (χ4n) is 7.92. The number of hydrogen-bond acceptors (Lipinski definition) is 14. The van der Waals surface area contributed by atoms with Crippen LogP contribution in [0.1, 0.15) is 188 Å². The molecule has 1 unspecified atom stereocenters. The summed E-state index contributed by atoms with van der Waals surface area (Å²) in [5.74, 6) is -4.63. The lowest BCUT2D eigenvalue weighted by Crippen LogP contribution is -2.64. The fraction of sp³-hybridized carbons (Fsp3) is 0.833. The molecule has 4 amide bonds. The first kappa shape index (κ1) is 60.4. The number of rotatable bonds is 39. The van der Waals surface area contributed by atoms with Gasteiger partial charge in [0.2, 0.25) is 23.6 Å². The van der Waals surface area contributed by atoms with Crippen molar-refractivity contribution in [2.45, 2.75) is 236 Å². The monoisotopic (exact) mass is 957 g/mol. The van der Waals surface area contributed by atoms with E-state index in [-0.39, 0.29) is 25.0 Å². The summed E-state index contributed by atoms with van der Waals surface area (Å²) in [6.07, 6.45) is 17.5. The van der Waals surface area contributed by atoms with Gasteiger partial charge in [-0.05, 0) is 39.5 Å². The van der Waals surface area contributed by atoms with Gasteiger partial charge in [-0.1, -0.05) is 116 Å². The Morgan fingerprint density at radius 3 is 1.86 bits per heavy atom. The van der Waals surface area contributed by atoms with E-state index >= 15 is 0 Å². The molecular weight excluding hydrogens is 873 g/mol. The molecule has 9 atom stereocenters. The quantitative estimate of drug-likeness (QED) is 0.0189. The number of Topliss-reactive ketones (excluding diaryl/α,β-unsaturated/α-hetero) is 1. The molecule has 0 aromatic carbocycles. The average molecular weight is 957 g/mol. The molecule has 18 heteroatoms. The van der Waals surface area contributed by atoms with E-state index in [0.29, 0.717) is 19.3 Å². The van der Waals surface area contributed by atoms with Gasteiger partial charge in [0.25, 0.3) is 0 Å². The van der Waals surface area contributed by atoms with Crippen LogP contribution in [0.4, 0.5) is 0 Å². The first-order valence-corrected chi connectivity index (χ1v) is 25.1. The van der Waals surface area contributed by atoms with Crippen LogP contribution in [0.5, 0.6) is 0 Å². The number of aldehydes is 1. The van der Waals surface area contributed by atoms with Crippen LogP contribution in [-0.2, 0) is 57.3 Å². The van der Waals surface area contributed by atoms with Crippen molar-refractivity contribution in [3.8, 4) is 0 Å². The van der Waals surface area contributed by atoms with Crippen molar-refractivity contribution in [3.05, 3.63) is 0 Å². The standard InChI is InChI=1S/C48H84N4O13S/c1-6-7-8-9-10-11-12-15-18-21-24-27-38(55)36(26-23-20-17-14-13-16-19-22-25-30-53)31-41(57)63-32-39-43(58)44(42(48(66)65-39)51-35(4)54)64-34(3)47(61)50-33(2)46(60)52-37(45(49)59)28-29-40(56)62-5/h30,33-34,36-37,39,42-44,48,58,66H,6-29,31-32H2,1-5H3,(H2,49,59)(H,50,61)(H,51,54)(H,52,60)/t33-,34?,36+,37+,39+,42+,43+,44-,48-/m0/s1. The highest BCUT2D eigenvalue weighted by molar-refractivity contribution is 7.80. The number of ketones is 1. The van der Waals surface area contributed by atoms with Gasteiger partial charge in [0.1, 0.15) is 60.6 Å². The average Bonchev–Trinajstić information content (AvgIpc) is 3.28. The molecule has 0 saturated carbocycles. The number of carbonyl (C=O) groups is 8. The number of nitrogens with two attached hydrogens (primary N) is 1. The summed E-state index contributed by atoms with van der Waals surface area (Å²) < 4.78 is 22.1. The third-order valence-electron chi connectivity index (χ3n) is 12.0. The van der Waals surface area contributed by atoms with E-state index in [1.807, 2.05) is 0 Å². The Kier molecular flexibility index (Phi) is 33.3. The highest BCUT2D eigenvalue weighted by Crippen LogP contribution is 2.28. The molecular formula is C48H84N4O13S. The molecule has 1 heterocycles. The predicted octanol–water partition coefficient (Wildman–Crippen LogP) is 5.63. The fourth-order valence-corrected chi connectivity index (χ4v) is 8.32. The summed E-state index contributed by atoms with van der Waals surface area (Å²) >= 11 is 4.48. The SMILES string of the molecule is CCCCCCCCCCCCCC(=O)[C@H](CCCCCCCCCCC=O)CC(=O)OC[C@H]1O[C@@H](S)[C@H](NC(C)=O)[C@H](OC(C)C(=O)N[C@@H](C)C(=O)N[C@H](CCC(=O)OC)C(N)=O)[C@@H]1O. The zero-order chi connectivity index (χ0) is 49.3. The number of nitrogens with one attached hydrogen (secondary N) is 3. The summed E-state index contributed by atoms with van der Waals surface area (Å²) in [4.78, 5) is 99.2. The molecule has 1 aliphatic heterocycles. The van der Waals surface area contributed by atoms with Crippen LogP contribution in [0.25, 0.3) is 0 Å². The minimum absolute atomic E-state index is 0.0411. The lowest BCUT2D eigenvalue weighted by molar-refractivity contribution is -0.204. The highest BCUT2D eigenvalue weighted by Gasteiger charge is 2.47. The van der Waals surface area contributed by atoms with Crippen molar-refractivity contribution in [2.75, 3.05) is 13.7 Å². The number of hydrogen-bond donors (Lipinski definition) is 6. The Morgan fingerprint density at radius 2 is 1.32 bits per heavy atom. The van der Waals surface area contributed by atoms with Crippen LogP contribution in [0.3, 0.4) is 0 Å². The topological polar surface area (TPSA) is 256 Å². The molecule has 6 N–H and O–H groups in total. The van der Waals surface area contributed by atoms with Crippen molar-refractivity contribution in [2.24, 2.45) is 11.7 Å². The van der Waals surface area contributed by atoms with Gasteiger partial charge in [0.15, 0.2) is 0 Å². The second-order valence-corrected chi connectivity index (χ2v) is 18.3. The lowest BCUT2D eigenvalue weighted by Gasteiger charge is -2.43. The Balaban J connectivity index is 2.89. The molecule has 0 aromatic heterocycles. The highest BCUT2D eigenvalue weighted by atomic mass is 32.1. The molecule has 1 saturated heterocycles. The number of thiol groups is 1. The van der Waals surface area contributed by atoms with Gasteiger partial charge < -0.3 is 50.5 Å². The zero-order valence-corrected chi connectivity index (χ0v) is 41.4. The molecule has 380 valence electrons. The molecule has 1 fully saturated rings. The van der Waals surface area contributed by atoms with Crippen LogP contribution in [-0.4, -0.2) is 114 Å². The summed E-state index contributed by atoms with van der Waals surface area (Å²) in [7, 11) is 1.18. The second-order valence-electron chi connectivity index (χ2n) is 17.7. The number of primary amides is 1. The molecule has 17 nitrogen and oxygen atoms in total. The van der Waals surface area contributed by atoms with Crippen LogP contribution >= 0.6 is 12.6 Å². The van der Waals surface area contributed by atoms with E-state index in [2.05, 4.69) is 40.2 Å². The van der Waals surface area contributed by atoms with Crippen LogP contribution in [0.2, 0.25) is 0 Å². The molecule has 1 aliphatic rings. The van der Waals surface area contributed by atoms with Crippen LogP contribution < -0.4 is 21.7 Å². The number of amides is 4. The third-order valence-corrected chi connectivity index (χ3v) is 12.4. The van der Waals surface area contributed by atoms with Gasteiger partial charge in [-0.25, -0.2) is 0 Å². The molecule has 66 heavy (non-hydrogen) atoms. The largest absolute Gasteiger partial charge is 0.469 e. The Morgan fingerprint density at radius 1 is 0.758 bits per heavy atom. The van der Waals surface area contributed by atoms with E-state index in [1.54, 1.807) is 0 Å². The van der Waals surface area contributed by atoms with E-state index in [4.69, 9.17) is 19.9 Å². The number of aliphatic hydroxyl groups is 1. The van der Waals surface area contributed by atoms with Crippen LogP contribution in [0.15, 0.2) is 0 Å². The molecule has 0 radical (unpaired) electrons. The van der Waals surface area contributed by atoms with Gasteiger partial charge in [-0.2, -0.15) is 0 Å². The second kappa shape index (κ2) is 36.4. The smallest absolute Gasteiger partial charge is 0.306 e. The van der Waals surface area contributed by atoms with Gasteiger partial charge in [-0.3, -0.25) is 33.6 Å². The van der Waals surface area contributed by atoms with Gasteiger partial charge in [0, 0.05) is 32.1 Å². The maximum absolute atomic E-state index is 13.5. The first-order valence-electron chi connectivity index (χ1n) is 24.6. The Hall–Kier alpha value is -3.61. The van der Waals surface area contributed by atoms with Crippen molar-refractivity contribution < 1.29 is 62.4 Å². The van der Waals surface area contributed by atoms with Crippen molar-refractivity contribution in [1.29, 1.82) is 0 Å². The third kappa shape index (κ3) is 26.7. The summed E-state index contributed by atoms with van der Waals surface area (Å²) in [6, 6.07) is -3.46. The van der Waals surface area contributed by atoms with E-state index in [0.717, 1.165) is 83.3 Å². The number of methoxy groups -OCH3 is 1. The van der Waals surface area contributed by atoms with Gasteiger partial charge >= 0.3 is 11.9 Å². The lowest BCUT2D eigenvalue weighted by atomic mass is 9.90. The summed E-state index contributed by atoms with van der Waals surface area (Å²) in [6.45, 7) is 5.76. The van der Waals surface area contributed by atoms with Crippen LogP contribution in [0, 0.1) is 5.92 Å². The predicted molar refractivity (Wildman–Crippen MR) is 253 cm³/mol. The number of esters is 2. The van der Waals surface area contributed by atoms with Crippen molar-refractivity contribution in [1.82, 2.24) is 16.0 Å². The van der Waals surface area contributed by atoms with Crippen molar-refractivity contribution in [3.63, 3.8) is 0 Å². The normalized spacial score (nSPS) is 20.0. The van der Waals surface area contributed by atoms with E-state index < -0.39 is 96.1 Å². The number of carbonyl (C=O) groups excluding carboxylic acids is 8.